The third-order valence-electron chi connectivity index (χ3n) is 3.56. The van der Waals surface area contributed by atoms with E-state index >= 15 is 0 Å². The summed E-state index contributed by atoms with van der Waals surface area (Å²) in [5, 5.41) is 22.6. The summed E-state index contributed by atoms with van der Waals surface area (Å²) in [7, 11) is 0. The third kappa shape index (κ3) is 2.91. The predicted octanol–water partition coefficient (Wildman–Crippen LogP) is -0.113. The van der Waals surface area contributed by atoms with Gasteiger partial charge in [0.1, 0.15) is 0 Å². The van der Waals surface area contributed by atoms with Gasteiger partial charge in [-0.05, 0) is 18.8 Å². The van der Waals surface area contributed by atoms with Crippen LogP contribution in [-0.2, 0) is 4.74 Å². The Bertz CT molecular complexity index is 200. The lowest BCUT2D eigenvalue weighted by Gasteiger charge is -2.29. The predicted molar refractivity (Wildman–Crippen MR) is 56.6 cm³/mol. The van der Waals surface area contributed by atoms with Crippen molar-refractivity contribution in [3.8, 4) is 0 Å². The van der Waals surface area contributed by atoms with Crippen LogP contribution in [0.3, 0.4) is 0 Å². The molecule has 1 aliphatic carbocycles. The highest BCUT2D eigenvalue weighted by molar-refractivity contribution is 4.83. The fourth-order valence-electron chi connectivity index (χ4n) is 2.47. The minimum absolute atomic E-state index is 0.0547. The van der Waals surface area contributed by atoms with Crippen LogP contribution in [0.4, 0.5) is 0 Å². The van der Waals surface area contributed by atoms with Gasteiger partial charge < -0.3 is 20.3 Å². The van der Waals surface area contributed by atoms with E-state index in [0.29, 0.717) is 19.1 Å². The molecule has 4 nitrogen and oxygen atoms in total. The van der Waals surface area contributed by atoms with E-state index in [4.69, 9.17) is 4.74 Å². The molecule has 4 atom stereocenters. The summed E-state index contributed by atoms with van der Waals surface area (Å²) >= 11 is 0. The molecule has 2 fully saturated rings. The number of aliphatic hydroxyl groups is 2. The molecule has 0 spiro atoms. The van der Waals surface area contributed by atoms with Crippen molar-refractivity contribution in [3.63, 3.8) is 0 Å². The van der Waals surface area contributed by atoms with Crippen LogP contribution >= 0.6 is 0 Å². The van der Waals surface area contributed by atoms with Crippen molar-refractivity contribution in [1.82, 2.24) is 5.32 Å². The molecule has 0 aromatic rings. The van der Waals surface area contributed by atoms with Gasteiger partial charge in [0.15, 0.2) is 0 Å². The van der Waals surface area contributed by atoms with E-state index in [1.54, 1.807) is 0 Å². The van der Waals surface area contributed by atoms with Gasteiger partial charge in [0, 0.05) is 6.54 Å². The van der Waals surface area contributed by atoms with Gasteiger partial charge in [-0.2, -0.15) is 0 Å². The van der Waals surface area contributed by atoms with Crippen molar-refractivity contribution in [2.24, 2.45) is 5.92 Å². The molecule has 2 rings (SSSR count). The van der Waals surface area contributed by atoms with Crippen molar-refractivity contribution < 1.29 is 14.9 Å². The van der Waals surface area contributed by atoms with Crippen molar-refractivity contribution in [3.05, 3.63) is 0 Å². The topological polar surface area (TPSA) is 61.7 Å². The molecule has 0 aromatic carbocycles. The minimum Gasteiger partial charge on any atom is -0.393 e. The van der Waals surface area contributed by atoms with Crippen LogP contribution in [0.2, 0.25) is 0 Å². The first-order chi connectivity index (χ1) is 7.27. The number of aliphatic hydroxyl groups excluding tert-OH is 2. The minimum atomic E-state index is -0.384. The number of hydrogen-bond acceptors (Lipinski definition) is 4. The van der Waals surface area contributed by atoms with E-state index in [1.807, 2.05) is 0 Å². The first kappa shape index (κ1) is 11.3. The first-order valence-corrected chi connectivity index (χ1v) is 5.94. The average molecular weight is 215 g/mol. The quantitative estimate of drug-likeness (QED) is 0.614. The van der Waals surface area contributed by atoms with E-state index in [-0.39, 0.29) is 18.2 Å². The van der Waals surface area contributed by atoms with E-state index in [2.05, 4.69) is 5.32 Å². The molecule has 88 valence electrons. The Morgan fingerprint density at radius 3 is 2.53 bits per heavy atom. The van der Waals surface area contributed by atoms with E-state index in [0.717, 1.165) is 25.8 Å². The molecule has 0 aromatic heterocycles. The Morgan fingerprint density at radius 2 is 1.87 bits per heavy atom. The fourth-order valence-corrected chi connectivity index (χ4v) is 2.47. The van der Waals surface area contributed by atoms with E-state index < -0.39 is 0 Å². The monoisotopic (exact) mass is 215 g/mol. The molecule has 0 amide bonds. The highest BCUT2D eigenvalue weighted by Crippen LogP contribution is 2.23. The van der Waals surface area contributed by atoms with Crippen LogP contribution in [-0.4, -0.2) is 48.2 Å². The second-order valence-corrected chi connectivity index (χ2v) is 4.73. The lowest BCUT2D eigenvalue weighted by Crippen LogP contribution is -2.44. The van der Waals surface area contributed by atoms with E-state index in [9.17, 15) is 10.2 Å². The number of rotatable bonds is 3. The van der Waals surface area contributed by atoms with Gasteiger partial charge in [-0.25, -0.2) is 0 Å². The third-order valence-corrected chi connectivity index (χ3v) is 3.56. The van der Waals surface area contributed by atoms with Crippen LogP contribution in [0.25, 0.3) is 0 Å². The number of nitrogens with one attached hydrogen (secondary N) is 1. The highest BCUT2D eigenvalue weighted by Gasteiger charge is 2.28. The Hall–Kier alpha value is -0.160. The molecule has 15 heavy (non-hydrogen) atoms. The standard InChI is InChI=1S/C11H21NO3/c13-10-4-2-1-3-8(10)5-12-9-6-15-7-11(9)14/h8-14H,1-7H2. The Labute approximate surface area is 90.6 Å². The summed E-state index contributed by atoms with van der Waals surface area (Å²) in [4.78, 5) is 0. The molecule has 4 unspecified atom stereocenters. The normalized spacial score (nSPS) is 42.0. The average Bonchev–Trinajstić information content (AvgIpc) is 2.63. The van der Waals surface area contributed by atoms with Gasteiger partial charge in [0.25, 0.3) is 0 Å². The summed E-state index contributed by atoms with van der Waals surface area (Å²) < 4.78 is 5.16. The SMILES string of the molecule is OC1CCCCC1CNC1COCC1O. The smallest absolute Gasteiger partial charge is 0.0948 e. The van der Waals surface area contributed by atoms with Gasteiger partial charge >= 0.3 is 0 Å². The summed E-state index contributed by atoms with van der Waals surface area (Å²) in [6.45, 7) is 1.82. The molecule has 1 saturated carbocycles. The summed E-state index contributed by atoms with van der Waals surface area (Å²) in [5.41, 5.74) is 0. The zero-order valence-corrected chi connectivity index (χ0v) is 9.06. The number of ether oxygens (including phenoxy) is 1. The molecule has 1 aliphatic heterocycles. The summed E-state index contributed by atoms with van der Waals surface area (Å²) in [6.07, 6.45) is 3.84. The summed E-state index contributed by atoms with van der Waals surface area (Å²) in [5.74, 6) is 0.353. The van der Waals surface area contributed by atoms with E-state index in [1.165, 1.54) is 6.42 Å². The van der Waals surface area contributed by atoms with Crippen LogP contribution in [0, 0.1) is 5.92 Å². The Balaban J connectivity index is 1.72. The number of hydrogen-bond donors (Lipinski definition) is 3. The van der Waals surface area contributed by atoms with Crippen LogP contribution < -0.4 is 5.32 Å². The second kappa shape index (κ2) is 5.25. The fraction of sp³-hybridized carbons (Fsp3) is 1.00. The largest absolute Gasteiger partial charge is 0.393 e. The van der Waals surface area contributed by atoms with Crippen molar-refractivity contribution in [1.29, 1.82) is 0 Å². The van der Waals surface area contributed by atoms with Crippen molar-refractivity contribution >= 4 is 0 Å². The van der Waals surface area contributed by atoms with Gasteiger partial charge in [-0.3, -0.25) is 0 Å². The molecule has 1 saturated heterocycles. The van der Waals surface area contributed by atoms with Gasteiger partial charge in [0.2, 0.25) is 0 Å². The van der Waals surface area contributed by atoms with Gasteiger partial charge in [-0.1, -0.05) is 12.8 Å². The van der Waals surface area contributed by atoms with Gasteiger partial charge in [0.05, 0.1) is 31.5 Å². The van der Waals surface area contributed by atoms with Crippen LogP contribution in [0.1, 0.15) is 25.7 Å². The van der Waals surface area contributed by atoms with Crippen molar-refractivity contribution in [2.75, 3.05) is 19.8 Å². The Morgan fingerprint density at radius 1 is 1.07 bits per heavy atom. The molecule has 0 bridgehead atoms. The molecular formula is C11H21NO3. The van der Waals surface area contributed by atoms with Crippen LogP contribution in [0.15, 0.2) is 0 Å². The molecule has 1 heterocycles. The second-order valence-electron chi connectivity index (χ2n) is 4.73. The maximum absolute atomic E-state index is 9.78. The maximum atomic E-state index is 9.78. The first-order valence-electron chi connectivity index (χ1n) is 5.94. The summed E-state index contributed by atoms with van der Waals surface area (Å²) in [6, 6.07) is 0.0547. The zero-order valence-electron chi connectivity index (χ0n) is 9.06. The molecule has 3 N–H and O–H groups in total. The maximum Gasteiger partial charge on any atom is 0.0948 e. The molecular weight excluding hydrogens is 194 g/mol. The molecule has 4 heteroatoms. The lowest BCUT2D eigenvalue weighted by atomic mass is 9.86. The highest BCUT2D eigenvalue weighted by atomic mass is 16.5. The zero-order chi connectivity index (χ0) is 10.7. The lowest BCUT2D eigenvalue weighted by molar-refractivity contribution is 0.0645. The Kier molecular flexibility index (Phi) is 3.97. The molecule has 2 aliphatic rings. The van der Waals surface area contributed by atoms with Crippen LogP contribution in [0.5, 0.6) is 0 Å². The van der Waals surface area contributed by atoms with Crippen molar-refractivity contribution in [2.45, 2.75) is 43.9 Å². The molecule has 0 radical (unpaired) electrons. The van der Waals surface area contributed by atoms with Gasteiger partial charge in [-0.15, -0.1) is 0 Å².